The lowest BCUT2D eigenvalue weighted by Crippen LogP contribution is -2.51. The van der Waals surface area contributed by atoms with Crippen LogP contribution in [0.15, 0.2) is 22.7 Å². The number of nitrogens with zero attached hydrogens (tertiary/aromatic N) is 3. The molecule has 4 nitrogen and oxygen atoms in total. The maximum Gasteiger partial charge on any atom is 0.223 e. The van der Waals surface area contributed by atoms with Gasteiger partial charge in [0.25, 0.3) is 0 Å². The van der Waals surface area contributed by atoms with Crippen molar-refractivity contribution in [1.82, 2.24) is 4.90 Å². The van der Waals surface area contributed by atoms with Gasteiger partial charge in [-0.15, -0.1) is 0 Å². The Morgan fingerprint density at radius 2 is 2.21 bits per heavy atom. The molecule has 3 rings (SSSR count). The van der Waals surface area contributed by atoms with E-state index in [2.05, 4.69) is 26.9 Å². The Bertz CT molecular complexity index is 566. The molecule has 19 heavy (non-hydrogen) atoms. The largest absolute Gasteiger partial charge is 0.367 e. The smallest absolute Gasteiger partial charge is 0.223 e. The zero-order valence-electron chi connectivity index (χ0n) is 10.5. The molecule has 2 saturated heterocycles. The van der Waals surface area contributed by atoms with Crippen LogP contribution in [0.5, 0.6) is 0 Å². The van der Waals surface area contributed by atoms with E-state index in [1.165, 1.54) is 0 Å². The van der Waals surface area contributed by atoms with Gasteiger partial charge in [0.15, 0.2) is 0 Å². The highest BCUT2D eigenvalue weighted by Gasteiger charge is 2.35. The van der Waals surface area contributed by atoms with Gasteiger partial charge in [-0.1, -0.05) is 15.9 Å². The van der Waals surface area contributed by atoms with Crippen LogP contribution in [0.2, 0.25) is 0 Å². The van der Waals surface area contributed by atoms with Crippen molar-refractivity contribution in [1.29, 1.82) is 5.26 Å². The van der Waals surface area contributed by atoms with E-state index in [1.807, 2.05) is 23.1 Å². The molecule has 0 bridgehead atoms. The van der Waals surface area contributed by atoms with Gasteiger partial charge in [0.2, 0.25) is 5.91 Å². The number of anilines is 1. The Kier molecular flexibility index (Phi) is 3.19. The second-order valence-electron chi connectivity index (χ2n) is 5.00. The molecule has 5 heteroatoms. The molecular weight excluding hydrogens is 306 g/mol. The topological polar surface area (TPSA) is 47.3 Å². The molecule has 0 radical (unpaired) electrons. The van der Waals surface area contributed by atoms with E-state index < -0.39 is 0 Å². The van der Waals surface area contributed by atoms with Gasteiger partial charge < -0.3 is 9.80 Å². The summed E-state index contributed by atoms with van der Waals surface area (Å²) in [4.78, 5) is 15.9. The molecule has 1 aromatic rings. The van der Waals surface area contributed by atoms with Crippen LogP contribution in [0.3, 0.4) is 0 Å². The third-order valence-electron chi connectivity index (χ3n) is 3.91. The molecule has 1 amide bonds. The summed E-state index contributed by atoms with van der Waals surface area (Å²) in [7, 11) is 0. The minimum Gasteiger partial charge on any atom is -0.367 e. The van der Waals surface area contributed by atoms with E-state index in [1.54, 1.807) is 0 Å². The number of benzene rings is 1. The van der Waals surface area contributed by atoms with Gasteiger partial charge in [0.05, 0.1) is 11.3 Å². The van der Waals surface area contributed by atoms with Crippen molar-refractivity contribution in [3.8, 4) is 6.07 Å². The minimum atomic E-state index is 0.279. The van der Waals surface area contributed by atoms with Gasteiger partial charge in [-0.2, -0.15) is 5.26 Å². The van der Waals surface area contributed by atoms with E-state index in [-0.39, 0.29) is 5.91 Å². The summed E-state index contributed by atoms with van der Waals surface area (Å²) < 4.78 is 0.919. The van der Waals surface area contributed by atoms with Gasteiger partial charge in [-0.25, -0.2) is 0 Å². The van der Waals surface area contributed by atoms with Crippen molar-refractivity contribution in [2.24, 2.45) is 0 Å². The maximum absolute atomic E-state index is 11.7. The van der Waals surface area contributed by atoms with Gasteiger partial charge in [0, 0.05) is 36.6 Å². The molecule has 0 saturated carbocycles. The Labute approximate surface area is 120 Å². The van der Waals surface area contributed by atoms with Crippen LogP contribution in [-0.2, 0) is 4.79 Å². The second kappa shape index (κ2) is 4.86. The van der Waals surface area contributed by atoms with Crippen molar-refractivity contribution in [2.45, 2.75) is 18.9 Å². The van der Waals surface area contributed by atoms with Gasteiger partial charge in [-0.05, 0) is 24.6 Å². The standard InChI is InChI=1S/C14H14BrN3O/c15-11-1-3-13(10(7-11)8-16)17-5-6-18-12(9-17)2-4-14(18)19/h1,3,7,12H,2,4-6,9H2. The number of carbonyl (C=O) groups excluding carboxylic acids is 1. The number of hydrogen-bond acceptors (Lipinski definition) is 3. The Morgan fingerprint density at radius 1 is 1.37 bits per heavy atom. The van der Waals surface area contributed by atoms with Crippen molar-refractivity contribution >= 4 is 27.5 Å². The van der Waals surface area contributed by atoms with Crippen LogP contribution in [0.1, 0.15) is 18.4 Å². The normalized spacial score (nSPS) is 22.3. The van der Waals surface area contributed by atoms with E-state index >= 15 is 0 Å². The van der Waals surface area contributed by atoms with Crippen LogP contribution in [-0.4, -0.2) is 36.5 Å². The average molecular weight is 320 g/mol. The zero-order chi connectivity index (χ0) is 13.4. The van der Waals surface area contributed by atoms with Crippen LogP contribution in [0.4, 0.5) is 5.69 Å². The van der Waals surface area contributed by atoms with E-state index in [4.69, 9.17) is 0 Å². The first-order valence-corrected chi connectivity index (χ1v) is 7.22. The fraction of sp³-hybridized carbons (Fsp3) is 0.429. The Balaban J connectivity index is 1.85. The number of halogens is 1. The van der Waals surface area contributed by atoms with Crippen molar-refractivity contribution < 1.29 is 4.79 Å². The number of rotatable bonds is 1. The van der Waals surface area contributed by atoms with Crippen molar-refractivity contribution in [2.75, 3.05) is 24.5 Å². The molecule has 1 atom stereocenters. The molecular formula is C14H14BrN3O. The molecule has 0 aliphatic carbocycles. The van der Waals surface area contributed by atoms with Gasteiger partial charge in [-0.3, -0.25) is 4.79 Å². The summed E-state index contributed by atoms with van der Waals surface area (Å²) in [6.45, 7) is 2.41. The molecule has 0 N–H and O–H groups in total. The summed E-state index contributed by atoms with van der Waals surface area (Å²) in [5, 5.41) is 9.24. The van der Waals surface area contributed by atoms with E-state index in [0.29, 0.717) is 18.0 Å². The summed E-state index contributed by atoms with van der Waals surface area (Å²) >= 11 is 3.39. The highest BCUT2D eigenvalue weighted by Crippen LogP contribution is 2.29. The molecule has 1 unspecified atom stereocenters. The Morgan fingerprint density at radius 3 is 3.00 bits per heavy atom. The number of fused-ring (bicyclic) bond motifs is 1. The summed E-state index contributed by atoms with van der Waals surface area (Å²) in [5.74, 6) is 0.279. The van der Waals surface area contributed by atoms with Crippen LogP contribution >= 0.6 is 15.9 Å². The highest BCUT2D eigenvalue weighted by atomic mass is 79.9. The number of amides is 1. The quantitative estimate of drug-likeness (QED) is 0.796. The number of nitriles is 1. The predicted molar refractivity (Wildman–Crippen MR) is 75.8 cm³/mol. The van der Waals surface area contributed by atoms with Gasteiger partial charge >= 0.3 is 0 Å². The summed E-state index contributed by atoms with van der Waals surface area (Å²) in [5.41, 5.74) is 1.66. The van der Waals surface area contributed by atoms with Crippen molar-refractivity contribution in [3.05, 3.63) is 28.2 Å². The first-order chi connectivity index (χ1) is 9.19. The fourth-order valence-corrected chi connectivity index (χ4v) is 3.32. The summed E-state index contributed by atoms with van der Waals surface area (Å²) in [6.07, 6.45) is 1.61. The lowest BCUT2D eigenvalue weighted by Gasteiger charge is -2.39. The van der Waals surface area contributed by atoms with E-state index in [9.17, 15) is 10.1 Å². The average Bonchev–Trinajstić information content (AvgIpc) is 2.79. The van der Waals surface area contributed by atoms with Crippen molar-refractivity contribution in [3.63, 3.8) is 0 Å². The molecule has 0 spiro atoms. The third-order valence-corrected chi connectivity index (χ3v) is 4.41. The second-order valence-corrected chi connectivity index (χ2v) is 5.91. The number of hydrogen-bond donors (Lipinski definition) is 0. The fourth-order valence-electron chi connectivity index (χ4n) is 2.96. The third kappa shape index (κ3) is 2.21. The lowest BCUT2D eigenvalue weighted by atomic mass is 10.1. The van der Waals surface area contributed by atoms with E-state index in [0.717, 1.165) is 36.2 Å². The van der Waals surface area contributed by atoms with Crippen LogP contribution in [0.25, 0.3) is 0 Å². The van der Waals surface area contributed by atoms with Crippen LogP contribution in [0, 0.1) is 11.3 Å². The van der Waals surface area contributed by atoms with Crippen LogP contribution < -0.4 is 4.90 Å². The predicted octanol–water partition coefficient (Wildman–Crippen LogP) is 2.13. The molecule has 0 aromatic heterocycles. The summed E-state index contributed by atoms with van der Waals surface area (Å²) in [6, 6.07) is 8.36. The molecule has 2 fully saturated rings. The first-order valence-electron chi connectivity index (χ1n) is 6.43. The SMILES string of the molecule is N#Cc1cc(Br)ccc1N1CCN2C(=O)CCC2C1. The monoisotopic (exact) mass is 319 g/mol. The highest BCUT2D eigenvalue weighted by molar-refractivity contribution is 9.10. The molecule has 98 valence electrons. The van der Waals surface area contributed by atoms with Gasteiger partial charge in [0.1, 0.15) is 6.07 Å². The molecule has 2 aliphatic heterocycles. The Hall–Kier alpha value is -1.54. The maximum atomic E-state index is 11.7. The minimum absolute atomic E-state index is 0.279. The first kappa shape index (κ1) is 12.5. The lowest BCUT2D eigenvalue weighted by molar-refractivity contribution is -0.129. The molecule has 1 aromatic carbocycles. The number of piperazine rings is 1. The molecule has 2 aliphatic rings. The number of carbonyl (C=O) groups is 1. The molecule has 2 heterocycles. The zero-order valence-corrected chi connectivity index (χ0v) is 12.1.